The highest BCUT2D eigenvalue weighted by atomic mass is 35.5. The van der Waals surface area contributed by atoms with E-state index < -0.39 is 0 Å². The molecule has 0 aliphatic heterocycles. The molecular formula is C21H27ClN4O. The molecule has 5 nitrogen and oxygen atoms in total. The summed E-state index contributed by atoms with van der Waals surface area (Å²) < 4.78 is 0. The number of nitrogens with one attached hydrogen (secondary N) is 3. The minimum atomic E-state index is -0.0466. The van der Waals surface area contributed by atoms with Crippen molar-refractivity contribution in [3.8, 4) is 0 Å². The molecule has 2 aromatic carbocycles. The van der Waals surface area contributed by atoms with Crippen molar-refractivity contribution in [2.75, 3.05) is 7.05 Å². The first-order valence-corrected chi connectivity index (χ1v) is 9.48. The van der Waals surface area contributed by atoms with E-state index in [9.17, 15) is 4.79 Å². The number of benzene rings is 2. The van der Waals surface area contributed by atoms with Gasteiger partial charge in [-0.25, -0.2) is 0 Å². The molecule has 0 bridgehead atoms. The molecule has 0 spiro atoms. The van der Waals surface area contributed by atoms with E-state index in [1.54, 1.807) is 7.05 Å². The molecule has 2 aromatic rings. The Morgan fingerprint density at radius 1 is 1.07 bits per heavy atom. The Bertz CT molecular complexity index is 791. The fourth-order valence-electron chi connectivity index (χ4n) is 2.47. The zero-order chi connectivity index (χ0) is 19.6. The number of halogens is 1. The monoisotopic (exact) mass is 386 g/mol. The molecular weight excluding hydrogens is 360 g/mol. The van der Waals surface area contributed by atoms with Crippen LogP contribution in [-0.2, 0) is 13.1 Å². The van der Waals surface area contributed by atoms with Crippen LogP contribution in [-0.4, -0.2) is 25.0 Å². The lowest BCUT2D eigenvalue weighted by Crippen LogP contribution is -2.36. The number of nitrogens with zero attached hydrogens (tertiary/aromatic N) is 1. The zero-order valence-electron chi connectivity index (χ0n) is 16.1. The number of carbonyl (C=O) groups is 1. The van der Waals surface area contributed by atoms with Gasteiger partial charge in [-0.05, 0) is 48.7 Å². The summed E-state index contributed by atoms with van der Waals surface area (Å²) in [6.07, 6.45) is 0.904. The van der Waals surface area contributed by atoms with Crippen LogP contribution in [0.2, 0.25) is 5.02 Å². The lowest BCUT2D eigenvalue weighted by Gasteiger charge is -2.14. The minimum Gasteiger partial charge on any atom is -0.352 e. The van der Waals surface area contributed by atoms with Gasteiger partial charge >= 0.3 is 0 Å². The summed E-state index contributed by atoms with van der Waals surface area (Å²) in [5.74, 6) is 0.638. The molecule has 6 heteroatoms. The third-order valence-electron chi connectivity index (χ3n) is 4.21. The van der Waals surface area contributed by atoms with Crippen molar-refractivity contribution in [1.29, 1.82) is 0 Å². The highest BCUT2D eigenvalue weighted by molar-refractivity contribution is 6.30. The van der Waals surface area contributed by atoms with E-state index >= 15 is 0 Å². The Labute approximate surface area is 166 Å². The van der Waals surface area contributed by atoms with E-state index in [1.165, 1.54) is 0 Å². The van der Waals surface area contributed by atoms with Gasteiger partial charge < -0.3 is 16.0 Å². The molecule has 0 fully saturated rings. The van der Waals surface area contributed by atoms with Gasteiger partial charge in [-0.1, -0.05) is 42.8 Å². The molecule has 0 aromatic heterocycles. The normalized spacial score (nSPS) is 12.4. The zero-order valence-corrected chi connectivity index (χ0v) is 16.8. The molecule has 0 saturated heterocycles. The molecule has 0 aliphatic carbocycles. The van der Waals surface area contributed by atoms with E-state index in [4.69, 9.17) is 11.6 Å². The van der Waals surface area contributed by atoms with Crippen molar-refractivity contribution in [3.63, 3.8) is 0 Å². The molecule has 1 atom stereocenters. The maximum atomic E-state index is 12.3. The van der Waals surface area contributed by atoms with Crippen LogP contribution in [0.25, 0.3) is 0 Å². The van der Waals surface area contributed by atoms with E-state index in [-0.39, 0.29) is 11.9 Å². The predicted molar refractivity (Wildman–Crippen MR) is 112 cm³/mol. The van der Waals surface area contributed by atoms with Crippen molar-refractivity contribution in [2.45, 2.75) is 39.4 Å². The number of amides is 1. The van der Waals surface area contributed by atoms with Crippen LogP contribution in [0.5, 0.6) is 0 Å². The SMILES string of the molecule is CCC(C)NC(=O)c1cccc(CNC(=NC)NCc2cccc(Cl)c2)c1. The van der Waals surface area contributed by atoms with Crippen LogP contribution in [0.4, 0.5) is 0 Å². The average molecular weight is 387 g/mol. The summed E-state index contributed by atoms with van der Waals surface area (Å²) in [6.45, 7) is 5.24. The Morgan fingerprint density at radius 2 is 1.70 bits per heavy atom. The van der Waals surface area contributed by atoms with Crippen LogP contribution in [0.15, 0.2) is 53.5 Å². The van der Waals surface area contributed by atoms with Gasteiger partial charge in [-0.3, -0.25) is 9.79 Å². The summed E-state index contributed by atoms with van der Waals surface area (Å²) >= 11 is 6.01. The Kier molecular flexibility index (Phi) is 8.14. The summed E-state index contributed by atoms with van der Waals surface area (Å²) in [6, 6.07) is 15.5. The third-order valence-corrected chi connectivity index (χ3v) is 4.45. The largest absolute Gasteiger partial charge is 0.352 e. The fraction of sp³-hybridized carbons (Fsp3) is 0.333. The van der Waals surface area contributed by atoms with Crippen molar-refractivity contribution in [2.24, 2.45) is 4.99 Å². The first-order chi connectivity index (χ1) is 13.0. The van der Waals surface area contributed by atoms with Gasteiger partial charge in [0.2, 0.25) is 0 Å². The molecule has 2 rings (SSSR count). The lowest BCUT2D eigenvalue weighted by atomic mass is 10.1. The first-order valence-electron chi connectivity index (χ1n) is 9.10. The third kappa shape index (κ3) is 6.94. The molecule has 0 heterocycles. The second kappa shape index (κ2) is 10.6. The second-order valence-corrected chi connectivity index (χ2v) is 6.83. The number of hydrogen-bond donors (Lipinski definition) is 3. The first kappa shape index (κ1) is 20.8. The summed E-state index contributed by atoms with van der Waals surface area (Å²) in [5, 5.41) is 10.2. The Hall–Kier alpha value is -2.53. The maximum absolute atomic E-state index is 12.3. The number of carbonyl (C=O) groups excluding carboxylic acids is 1. The molecule has 3 N–H and O–H groups in total. The topological polar surface area (TPSA) is 65.5 Å². The highest BCUT2D eigenvalue weighted by Gasteiger charge is 2.09. The van der Waals surface area contributed by atoms with Gasteiger partial charge in [-0.2, -0.15) is 0 Å². The lowest BCUT2D eigenvalue weighted by molar-refractivity contribution is 0.0939. The molecule has 27 heavy (non-hydrogen) atoms. The van der Waals surface area contributed by atoms with Gasteiger partial charge in [0.25, 0.3) is 5.91 Å². The number of rotatable bonds is 7. The average Bonchev–Trinajstić information content (AvgIpc) is 2.68. The van der Waals surface area contributed by atoms with Crippen molar-refractivity contribution in [3.05, 3.63) is 70.2 Å². The summed E-state index contributed by atoms with van der Waals surface area (Å²) in [5.41, 5.74) is 2.75. The van der Waals surface area contributed by atoms with E-state index in [1.807, 2.05) is 62.4 Å². The Balaban J connectivity index is 1.90. The van der Waals surface area contributed by atoms with Crippen LogP contribution in [0.1, 0.15) is 41.8 Å². The summed E-state index contributed by atoms with van der Waals surface area (Å²) in [4.78, 5) is 16.5. The van der Waals surface area contributed by atoms with Gasteiger partial charge in [0.15, 0.2) is 5.96 Å². The van der Waals surface area contributed by atoms with Gasteiger partial charge in [-0.15, -0.1) is 0 Å². The molecule has 1 unspecified atom stereocenters. The van der Waals surface area contributed by atoms with Crippen LogP contribution >= 0.6 is 11.6 Å². The van der Waals surface area contributed by atoms with Crippen LogP contribution in [0, 0.1) is 0 Å². The standard InChI is InChI=1S/C21H27ClN4O/c1-4-15(2)26-20(27)18-9-5-7-16(11-18)13-24-21(23-3)25-14-17-8-6-10-19(22)12-17/h5-12,15H,4,13-14H2,1-3H3,(H,26,27)(H2,23,24,25). The van der Waals surface area contributed by atoms with Crippen molar-refractivity contribution in [1.82, 2.24) is 16.0 Å². The van der Waals surface area contributed by atoms with E-state index in [0.717, 1.165) is 17.5 Å². The highest BCUT2D eigenvalue weighted by Crippen LogP contribution is 2.10. The predicted octanol–water partition coefficient (Wildman–Crippen LogP) is 3.73. The Morgan fingerprint density at radius 3 is 2.30 bits per heavy atom. The molecule has 0 radical (unpaired) electrons. The molecule has 1 amide bonds. The fourth-order valence-corrected chi connectivity index (χ4v) is 2.68. The minimum absolute atomic E-state index is 0.0466. The van der Waals surface area contributed by atoms with E-state index in [0.29, 0.717) is 29.6 Å². The van der Waals surface area contributed by atoms with Crippen molar-refractivity contribution < 1.29 is 4.79 Å². The van der Waals surface area contributed by atoms with Gasteiger partial charge in [0.1, 0.15) is 0 Å². The molecule has 144 valence electrons. The van der Waals surface area contributed by atoms with E-state index in [2.05, 4.69) is 20.9 Å². The quantitative estimate of drug-likeness (QED) is 0.501. The van der Waals surface area contributed by atoms with Crippen LogP contribution < -0.4 is 16.0 Å². The van der Waals surface area contributed by atoms with Gasteiger partial charge in [0.05, 0.1) is 0 Å². The molecule has 0 aliphatic rings. The van der Waals surface area contributed by atoms with Gasteiger partial charge in [0, 0.05) is 36.8 Å². The number of guanidine groups is 1. The molecule has 0 saturated carbocycles. The number of hydrogen-bond acceptors (Lipinski definition) is 2. The number of aliphatic imine (C=N–C) groups is 1. The maximum Gasteiger partial charge on any atom is 0.251 e. The smallest absolute Gasteiger partial charge is 0.251 e. The summed E-state index contributed by atoms with van der Waals surface area (Å²) in [7, 11) is 1.73. The van der Waals surface area contributed by atoms with Crippen LogP contribution in [0.3, 0.4) is 0 Å². The van der Waals surface area contributed by atoms with Crippen molar-refractivity contribution >= 4 is 23.5 Å². The second-order valence-electron chi connectivity index (χ2n) is 6.39.